The molecule has 1 atom stereocenters. The third kappa shape index (κ3) is 4.82. The van der Waals surface area contributed by atoms with E-state index in [1.54, 1.807) is 13.2 Å². The predicted molar refractivity (Wildman–Crippen MR) is 95.7 cm³/mol. The molecule has 1 aromatic carbocycles. The maximum atomic E-state index is 13.1. The lowest BCUT2D eigenvalue weighted by Gasteiger charge is -2.33. The second-order valence-electron chi connectivity index (χ2n) is 6.39. The number of methoxy groups -OCH3 is 1. The second kappa shape index (κ2) is 9.33. The van der Waals surface area contributed by atoms with Crippen LogP contribution in [-0.4, -0.2) is 49.1 Å². The molecule has 1 aromatic rings. The summed E-state index contributed by atoms with van der Waals surface area (Å²) in [6, 6.07) is 4.69. The highest BCUT2D eigenvalue weighted by molar-refractivity contribution is 6.02. The molecule has 0 spiro atoms. The van der Waals surface area contributed by atoms with Crippen LogP contribution in [0.5, 0.6) is 0 Å². The van der Waals surface area contributed by atoms with Gasteiger partial charge < -0.3 is 14.4 Å². The molecule has 0 saturated carbocycles. The minimum absolute atomic E-state index is 0.122. The van der Waals surface area contributed by atoms with Crippen LogP contribution >= 0.6 is 0 Å². The zero-order chi connectivity index (χ0) is 19.1. The molecule has 2 rings (SSSR count). The zero-order valence-electron chi connectivity index (χ0n) is 15.5. The Morgan fingerprint density at radius 1 is 1.35 bits per heavy atom. The van der Waals surface area contributed by atoms with E-state index in [4.69, 9.17) is 9.47 Å². The molecule has 7 heteroatoms. The van der Waals surface area contributed by atoms with E-state index >= 15 is 0 Å². The monoisotopic (exact) mass is 362 g/mol. The summed E-state index contributed by atoms with van der Waals surface area (Å²) in [4.78, 5) is 38.1. The van der Waals surface area contributed by atoms with Gasteiger partial charge in [0.25, 0.3) is 11.8 Å². The molecule has 1 aliphatic rings. The number of rotatable bonds is 8. The first-order chi connectivity index (χ1) is 12.5. The van der Waals surface area contributed by atoms with Gasteiger partial charge >= 0.3 is 6.09 Å². The number of nitrogens with zero attached hydrogens (tertiary/aromatic N) is 1. The number of hydrogen-bond donors (Lipinski definition) is 1. The maximum absolute atomic E-state index is 13.1. The van der Waals surface area contributed by atoms with Crippen LogP contribution in [0.25, 0.3) is 0 Å². The SMILES string of the molecule is CCCCCN(C(=O)c1ccc(COC)cc1C)[C@H]1COC(=O)NC1=O. The zero-order valence-corrected chi connectivity index (χ0v) is 15.5. The fourth-order valence-electron chi connectivity index (χ4n) is 2.99. The Morgan fingerprint density at radius 3 is 2.73 bits per heavy atom. The van der Waals surface area contributed by atoms with Crippen LogP contribution in [0.15, 0.2) is 18.2 Å². The van der Waals surface area contributed by atoms with E-state index in [-0.39, 0.29) is 12.5 Å². The van der Waals surface area contributed by atoms with Crippen molar-refractivity contribution in [3.63, 3.8) is 0 Å². The van der Waals surface area contributed by atoms with Crippen LogP contribution in [0.3, 0.4) is 0 Å². The lowest BCUT2D eigenvalue weighted by Crippen LogP contribution is -2.57. The normalized spacial score (nSPS) is 16.8. The van der Waals surface area contributed by atoms with Gasteiger partial charge in [0.1, 0.15) is 12.6 Å². The summed E-state index contributed by atoms with van der Waals surface area (Å²) in [6.07, 6.45) is 1.95. The van der Waals surface area contributed by atoms with Crippen molar-refractivity contribution in [2.75, 3.05) is 20.3 Å². The number of carbonyl (C=O) groups is 3. The molecular formula is C19H26N2O5. The molecular weight excluding hydrogens is 336 g/mol. The first-order valence-corrected chi connectivity index (χ1v) is 8.85. The number of imide groups is 1. The highest BCUT2D eigenvalue weighted by Gasteiger charge is 2.36. The first kappa shape index (κ1) is 19.9. The summed E-state index contributed by atoms with van der Waals surface area (Å²) >= 11 is 0. The van der Waals surface area contributed by atoms with E-state index in [1.165, 1.54) is 4.90 Å². The van der Waals surface area contributed by atoms with Crippen LogP contribution in [0.2, 0.25) is 0 Å². The molecule has 26 heavy (non-hydrogen) atoms. The molecule has 0 radical (unpaired) electrons. The number of ether oxygens (including phenoxy) is 2. The van der Waals surface area contributed by atoms with E-state index in [1.807, 2.05) is 19.1 Å². The summed E-state index contributed by atoms with van der Waals surface area (Å²) < 4.78 is 10.1. The Bertz CT molecular complexity index is 674. The van der Waals surface area contributed by atoms with Crippen molar-refractivity contribution in [3.8, 4) is 0 Å². The van der Waals surface area contributed by atoms with Gasteiger partial charge in [-0.3, -0.25) is 14.9 Å². The molecule has 0 bridgehead atoms. The lowest BCUT2D eigenvalue weighted by atomic mass is 10.0. The molecule has 142 valence electrons. The third-order valence-corrected chi connectivity index (χ3v) is 4.37. The first-order valence-electron chi connectivity index (χ1n) is 8.85. The van der Waals surface area contributed by atoms with Crippen molar-refractivity contribution < 1.29 is 23.9 Å². The van der Waals surface area contributed by atoms with E-state index in [0.717, 1.165) is 30.4 Å². The number of alkyl carbamates (subject to hydrolysis) is 1. The summed E-state index contributed by atoms with van der Waals surface area (Å²) in [5, 5.41) is 2.14. The number of cyclic esters (lactones) is 1. The topological polar surface area (TPSA) is 84.9 Å². The molecule has 1 N–H and O–H groups in total. The fourth-order valence-corrected chi connectivity index (χ4v) is 2.99. The lowest BCUT2D eigenvalue weighted by molar-refractivity contribution is -0.129. The van der Waals surface area contributed by atoms with Gasteiger partial charge in [-0.1, -0.05) is 31.9 Å². The maximum Gasteiger partial charge on any atom is 0.413 e. The minimum atomic E-state index is -0.810. The number of hydrogen-bond acceptors (Lipinski definition) is 5. The molecule has 0 unspecified atom stereocenters. The fraction of sp³-hybridized carbons (Fsp3) is 0.526. The number of aryl methyl sites for hydroxylation is 1. The van der Waals surface area contributed by atoms with E-state index < -0.39 is 18.0 Å². The van der Waals surface area contributed by atoms with E-state index in [9.17, 15) is 14.4 Å². The number of carbonyl (C=O) groups excluding carboxylic acids is 3. The number of benzene rings is 1. The van der Waals surface area contributed by atoms with Gasteiger partial charge in [0.2, 0.25) is 0 Å². The van der Waals surface area contributed by atoms with Crippen molar-refractivity contribution >= 4 is 17.9 Å². The van der Waals surface area contributed by atoms with Gasteiger partial charge in [0.05, 0.1) is 6.61 Å². The summed E-state index contributed by atoms with van der Waals surface area (Å²) in [5.41, 5.74) is 2.33. The van der Waals surface area contributed by atoms with E-state index in [0.29, 0.717) is 18.7 Å². The Balaban J connectivity index is 2.24. The van der Waals surface area contributed by atoms with Crippen LogP contribution in [0.4, 0.5) is 4.79 Å². The smallest absolute Gasteiger partial charge is 0.413 e. The second-order valence-corrected chi connectivity index (χ2v) is 6.39. The number of unbranched alkanes of at least 4 members (excludes halogenated alkanes) is 2. The molecule has 1 aliphatic heterocycles. The van der Waals surface area contributed by atoms with Crippen molar-refractivity contribution in [1.82, 2.24) is 10.2 Å². The summed E-state index contributed by atoms with van der Waals surface area (Å²) in [7, 11) is 1.62. The average molecular weight is 362 g/mol. The van der Waals surface area contributed by atoms with Crippen LogP contribution in [0, 0.1) is 6.92 Å². The van der Waals surface area contributed by atoms with Gasteiger partial charge in [-0.2, -0.15) is 0 Å². The summed E-state index contributed by atoms with van der Waals surface area (Å²) in [5.74, 6) is -0.736. The van der Waals surface area contributed by atoms with Crippen molar-refractivity contribution in [1.29, 1.82) is 0 Å². The summed E-state index contributed by atoms with van der Waals surface area (Å²) in [6.45, 7) is 4.71. The highest BCUT2D eigenvalue weighted by Crippen LogP contribution is 2.18. The van der Waals surface area contributed by atoms with E-state index in [2.05, 4.69) is 12.2 Å². The Hall–Kier alpha value is -2.41. The Labute approximate surface area is 153 Å². The Kier molecular flexibility index (Phi) is 7.15. The van der Waals surface area contributed by atoms with Gasteiger partial charge in [-0.25, -0.2) is 4.79 Å². The average Bonchev–Trinajstić information content (AvgIpc) is 2.60. The molecule has 7 nitrogen and oxygen atoms in total. The predicted octanol–water partition coefficient (Wildman–Crippen LogP) is 2.41. The Morgan fingerprint density at radius 2 is 2.12 bits per heavy atom. The van der Waals surface area contributed by atoms with Gasteiger partial charge in [0.15, 0.2) is 0 Å². The van der Waals surface area contributed by atoms with Crippen molar-refractivity contribution in [2.24, 2.45) is 0 Å². The quantitative estimate of drug-likeness (QED) is 0.718. The van der Waals surface area contributed by atoms with Crippen molar-refractivity contribution in [2.45, 2.75) is 45.8 Å². The minimum Gasteiger partial charge on any atom is -0.446 e. The third-order valence-electron chi connectivity index (χ3n) is 4.37. The highest BCUT2D eigenvalue weighted by atomic mass is 16.6. The van der Waals surface area contributed by atoms with Crippen LogP contribution in [-0.2, 0) is 20.9 Å². The molecule has 1 heterocycles. The largest absolute Gasteiger partial charge is 0.446 e. The standard InChI is InChI=1S/C19H26N2O5/c1-4-5-6-9-21(16-12-26-19(24)20-17(16)22)18(23)15-8-7-14(11-25-3)10-13(15)2/h7-8,10,16H,4-6,9,11-12H2,1-3H3,(H,20,22,24)/t16-/m0/s1. The molecule has 1 saturated heterocycles. The molecule has 0 aromatic heterocycles. The van der Waals surface area contributed by atoms with Gasteiger partial charge in [-0.15, -0.1) is 0 Å². The van der Waals surface area contributed by atoms with Crippen LogP contribution in [0.1, 0.15) is 47.7 Å². The molecule has 3 amide bonds. The molecule has 0 aliphatic carbocycles. The number of amides is 3. The number of nitrogens with one attached hydrogen (secondary N) is 1. The molecule has 1 fully saturated rings. The van der Waals surface area contributed by atoms with Gasteiger partial charge in [-0.05, 0) is 30.5 Å². The van der Waals surface area contributed by atoms with Crippen molar-refractivity contribution in [3.05, 3.63) is 34.9 Å². The van der Waals surface area contributed by atoms with Crippen LogP contribution < -0.4 is 5.32 Å². The van der Waals surface area contributed by atoms with Gasteiger partial charge in [0, 0.05) is 19.2 Å².